The molecular weight excluding hydrogens is 607 g/mol. The van der Waals surface area contributed by atoms with Gasteiger partial charge in [0.05, 0.1) is 22.6 Å². The van der Waals surface area contributed by atoms with Crippen LogP contribution in [0.3, 0.4) is 0 Å². The third kappa shape index (κ3) is 3.59. The number of hydrogen-bond donors (Lipinski definition) is 0. The number of pyridine rings is 3. The summed E-state index contributed by atoms with van der Waals surface area (Å²) in [6.07, 6.45) is -0.223. The summed E-state index contributed by atoms with van der Waals surface area (Å²) in [5.74, 6) is 0.0677. The van der Waals surface area contributed by atoms with Gasteiger partial charge in [-0.1, -0.05) is 48.5 Å². The van der Waals surface area contributed by atoms with E-state index in [1.165, 1.54) is 29.1 Å². The Morgan fingerprint density at radius 3 is 2.42 bits per heavy atom. The van der Waals surface area contributed by atoms with Crippen molar-refractivity contribution in [3.8, 4) is 33.8 Å². The summed E-state index contributed by atoms with van der Waals surface area (Å²) in [7, 11) is 0. The number of alkyl halides is 3. The molecule has 1 fully saturated rings. The SMILES string of the molecule is Cc1cccc(C)c1-c1ccc2c(n1)oc1c3c(ccc12)C1(CC2C1c1ccccc1-c1cccc[n+]12)C[n+]1cc(C(F)(F)F)ccc1-3. The van der Waals surface area contributed by atoms with Crippen LogP contribution in [0.1, 0.15) is 46.2 Å². The van der Waals surface area contributed by atoms with Crippen LogP contribution in [0.4, 0.5) is 13.2 Å². The quantitative estimate of drug-likeness (QED) is 0.168. The average molecular weight is 638 g/mol. The molecule has 3 unspecified atom stereocenters. The van der Waals surface area contributed by atoms with Crippen molar-refractivity contribution < 1.29 is 26.7 Å². The molecule has 10 rings (SSSR count). The third-order valence-electron chi connectivity index (χ3n) is 11.2. The first-order valence-corrected chi connectivity index (χ1v) is 16.4. The smallest absolute Gasteiger partial charge is 0.422 e. The molecule has 2 aliphatic heterocycles. The zero-order valence-electron chi connectivity index (χ0n) is 26.3. The molecule has 1 saturated carbocycles. The van der Waals surface area contributed by atoms with Crippen LogP contribution in [0.15, 0.2) is 114 Å². The summed E-state index contributed by atoms with van der Waals surface area (Å²) in [4.78, 5) is 5.02. The first kappa shape index (κ1) is 27.8. The summed E-state index contributed by atoms with van der Waals surface area (Å²) in [5.41, 5.74) is 10.6. The van der Waals surface area contributed by atoms with Crippen molar-refractivity contribution in [1.82, 2.24) is 4.98 Å². The number of nitrogens with zero attached hydrogens (tertiary/aromatic N) is 3. The maximum absolute atomic E-state index is 14.2. The largest absolute Gasteiger partial charge is 0.437 e. The fourth-order valence-corrected chi connectivity index (χ4v) is 9.21. The monoisotopic (exact) mass is 637 g/mol. The van der Waals surface area contributed by atoms with Crippen LogP contribution in [-0.4, -0.2) is 4.98 Å². The second kappa shape index (κ2) is 9.41. The van der Waals surface area contributed by atoms with Gasteiger partial charge in [0.25, 0.3) is 0 Å². The fourth-order valence-electron chi connectivity index (χ4n) is 9.21. The molecule has 0 amide bonds. The van der Waals surface area contributed by atoms with E-state index in [4.69, 9.17) is 9.40 Å². The van der Waals surface area contributed by atoms with Gasteiger partial charge in [-0.3, -0.25) is 0 Å². The van der Waals surface area contributed by atoms with Gasteiger partial charge in [-0.2, -0.15) is 22.3 Å². The Balaban J connectivity index is 1.24. The summed E-state index contributed by atoms with van der Waals surface area (Å²) in [6, 6.07) is 32.4. The minimum absolute atomic E-state index is 0.0677. The van der Waals surface area contributed by atoms with E-state index in [9.17, 15) is 13.2 Å². The number of hydrogen-bond acceptors (Lipinski definition) is 2. The molecule has 48 heavy (non-hydrogen) atoms. The minimum atomic E-state index is -4.46. The summed E-state index contributed by atoms with van der Waals surface area (Å²) in [6.45, 7) is 4.61. The van der Waals surface area contributed by atoms with E-state index in [-0.39, 0.29) is 12.0 Å². The Labute approximate surface area is 274 Å². The highest BCUT2D eigenvalue weighted by Crippen LogP contribution is 2.65. The predicted octanol–water partition coefficient (Wildman–Crippen LogP) is 9.19. The van der Waals surface area contributed by atoms with Crippen LogP contribution in [0.25, 0.3) is 55.8 Å². The molecular formula is C41H30F3N3O+2. The van der Waals surface area contributed by atoms with Crippen LogP contribution < -0.4 is 9.13 Å². The zero-order valence-corrected chi connectivity index (χ0v) is 26.3. The molecule has 0 saturated heterocycles. The van der Waals surface area contributed by atoms with Gasteiger partial charge in [-0.25, -0.2) is 4.98 Å². The van der Waals surface area contributed by atoms with Crippen LogP contribution in [0.5, 0.6) is 0 Å². The number of furan rings is 1. The molecule has 6 heterocycles. The molecule has 3 aromatic carbocycles. The lowest BCUT2D eigenvalue weighted by molar-refractivity contribution is -0.750. The minimum Gasteiger partial charge on any atom is -0.437 e. The fraction of sp³-hybridized carbons (Fsp3) is 0.195. The number of aromatic nitrogens is 3. The summed E-state index contributed by atoms with van der Waals surface area (Å²) in [5, 5.41) is 1.80. The van der Waals surface area contributed by atoms with Crippen LogP contribution >= 0.6 is 0 Å². The van der Waals surface area contributed by atoms with Crippen LogP contribution in [0.2, 0.25) is 0 Å². The highest BCUT2D eigenvalue weighted by molar-refractivity contribution is 6.09. The highest BCUT2D eigenvalue weighted by Gasteiger charge is 2.67. The second-order valence-corrected chi connectivity index (χ2v) is 13.7. The predicted molar refractivity (Wildman–Crippen MR) is 177 cm³/mol. The van der Waals surface area contributed by atoms with Crippen molar-refractivity contribution in [2.24, 2.45) is 0 Å². The first-order valence-electron chi connectivity index (χ1n) is 16.4. The highest BCUT2D eigenvalue weighted by atomic mass is 19.4. The molecule has 4 aromatic heterocycles. The van der Waals surface area contributed by atoms with Gasteiger partial charge in [0.15, 0.2) is 30.6 Å². The van der Waals surface area contributed by atoms with E-state index in [0.717, 1.165) is 56.4 Å². The molecule has 3 atom stereocenters. The molecule has 7 aromatic rings. The number of fused-ring (bicyclic) bond motifs is 15. The van der Waals surface area contributed by atoms with Crippen molar-refractivity contribution in [2.45, 2.75) is 50.4 Å². The molecule has 7 heteroatoms. The van der Waals surface area contributed by atoms with E-state index in [0.29, 0.717) is 17.8 Å². The molecule has 1 aliphatic carbocycles. The molecule has 4 nitrogen and oxygen atoms in total. The maximum atomic E-state index is 14.2. The van der Waals surface area contributed by atoms with Crippen molar-refractivity contribution >= 4 is 22.1 Å². The number of rotatable bonds is 1. The molecule has 3 aliphatic rings. The maximum Gasteiger partial charge on any atom is 0.422 e. The Morgan fingerprint density at radius 1 is 0.792 bits per heavy atom. The Bertz CT molecular complexity index is 2490. The lowest BCUT2D eigenvalue weighted by Gasteiger charge is -2.54. The number of benzene rings is 3. The van der Waals surface area contributed by atoms with Gasteiger partial charge in [-0.15, -0.1) is 0 Å². The number of halogens is 3. The Morgan fingerprint density at radius 2 is 1.58 bits per heavy atom. The Hall–Kier alpha value is -5.30. The van der Waals surface area contributed by atoms with Gasteiger partial charge in [0.1, 0.15) is 5.56 Å². The summed E-state index contributed by atoms with van der Waals surface area (Å²) >= 11 is 0. The zero-order chi connectivity index (χ0) is 32.5. The topological polar surface area (TPSA) is 33.8 Å². The van der Waals surface area contributed by atoms with Crippen molar-refractivity contribution in [3.63, 3.8) is 0 Å². The molecule has 1 spiro atoms. The third-order valence-corrected chi connectivity index (χ3v) is 11.2. The van der Waals surface area contributed by atoms with Crippen molar-refractivity contribution in [3.05, 3.63) is 137 Å². The van der Waals surface area contributed by atoms with Gasteiger partial charge in [-0.05, 0) is 66.4 Å². The molecule has 0 bridgehead atoms. The Kier molecular flexibility index (Phi) is 5.44. The van der Waals surface area contributed by atoms with Gasteiger partial charge >= 0.3 is 6.18 Å². The van der Waals surface area contributed by atoms with Gasteiger partial charge < -0.3 is 4.42 Å². The van der Waals surface area contributed by atoms with E-state index < -0.39 is 17.2 Å². The van der Waals surface area contributed by atoms with Gasteiger partial charge in [0.2, 0.25) is 17.1 Å². The lowest BCUT2D eigenvalue weighted by Crippen LogP contribution is -2.67. The number of aryl methyl sites for hydroxylation is 2. The molecule has 234 valence electrons. The van der Waals surface area contributed by atoms with E-state index >= 15 is 0 Å². The van der Waals surface area contributed by atoms with E-state index in [1.54, 1.807) is 6.07 Å². The average Bonchev–Trinajstić information content (AvgIpc) is 3.44. The molecule has 0 radical (unpaired) electrons. The lowest BCUT2D eigenvalue weighted by atomic mass is 9.48. The first-order chi connectivity index (χ1) is 23.2. The molecule has 0 N–H and O–H groups in total. The van der Waals surface area contributed by atoms with Gasteiger partial charge in [0, 0.05) is 46.5 Å². The van der Waals surface area contributed by atoms with Crippen LogP contribution in [0, 0.1) is 13.8 Å². The normalized spacial score (nSPS) is 20.5. The second-order valence-electron chi connectivity index (χ2n) is 13.7. The van der Waals surface area contributed by atoms with Crippen LogP contribution in [-0.2, 0) is 18.1 Å². The van der Waals surface area contributed by atoms with E-state index in [2.05, 4.69) is 97.4 Å². The van der Waals surface area contributed by atoms with E-state index in [1.807, 2.05) is 16.7 Å². The van der Waals surface area contributed by atoms with Crippen molar-refractivity contribution in [2.75, 3.05) is 0 Å². The standard InChI is InChI=1S/C41H30F3N3O/c1-23-8-7-9-24(2)35(23)31-17-15-29-28-14-16-30-36(38(28)48-39(29)45-31)33-18-13-25(41(42,43)44)21-46(33)22-40(30)20-34-37(40)27-11-4-3-10-26(27)32-12-5-6-19-47(32)34/h3-19,21,34,37H,20,22H2,1-2H3/q+2. The van der Waals surface area contributed by atoms with Crippen molar-refractivity contribution in [1.29, 1.82) is 0 Å². The summed E-state index contributed by atoms with van der Waals surface area (Å²) < 4.78 is 53.4.